The number of carboxylic acids is 1. The Morgan fingerprint density at radius 2 is 2.13 bits per heavy atom. The minimum absolute atomic E-state index is 0.00604. The van der Waals surface area contributed by atoms with Crippen LogP contribution in [0.2, 0.25) is 0 Å². The van der Waals surface area contributed by atoms with Crippen LogP contribution in [0.5, 0.6) is 5.75 Å². The molecule has 2 aliphatic heterocycles. The highest BCUT2D eigenvalue weighted by Gasteiger charge is 2.36. The summed E-state index contributed by atoms with van der Waals surface area (Å²) in [6, 6.07) is 6.52. The molecule has 1 aromatic carbocycles. The Labute approximate surface area is 225 Å². The van der Waals surface area contributed by atoms with E-state index in [1.165, 1.54) is 25.2 Å². The van der Waals surface area contributed by atoms with Gasteiger partial charge in [0.1, 0.15) is 11.9 Å². The minimum Gasteiger partial charge on any atom is -0.493 e. The molecule has 0 saturated carbocycles. The van der Waals surface area contributed by atoms with Crippen molar-refractivity contribution in [2.24, 2.45) is 0 Å². The van der Waals surface area contributed by atoms with Gasteiger partial charge < -0.3 is 24.8 Å². The van der Waals surface area contributed by atoms with Gasteiger partial charge in [0, 0.05) is 44.0 Å². The molecule has 3 heterocycles. The van der Waals surface area contributed by atoms with Crippen LogP contribution in [0.1, 0.15) is 60.5 Å². The Morgan fingerprint density at radius 3 is 2.89 bits per heavy atom. The Hall–Kier alpha value is -2.75. The summed E-state index contributed by atoms with van der Waals surface area (Å²) in [4.78, 5) is 20.9. The lowest BCUT2D eigenvalue weighted by Gasteiger charge is -2.27. The smallest absolute Gasteiger partial charge is 0.325 e. The largest absolute Gasteiger partial charge is 0.493 e. The fourth-order valence-electron chi connectivity index (χ4n) is 5.50. The molecule has 9 heteroatoms. The lowest BCUT2D eigenvalue weighted by molar-refractivity contribution is -0.143. The summed E-state index contributed by atoms with van der Waals surface area (Å²) in [5.41, 5.74) is 3.51. The number of aryl methyl sites for hydroxylation is 2. The Kier molecular flexibility index (Phi) is 9.93. The third-order valence-corrected chi connectivity index (χ3v) is 7.29. The number of fused-ring (bicyclic) bond motifs is 1. The molecular formula is C29H41FN4O4. The van der Waals surface area contributed by atoms with E-state index < -0.39 is 17.8 Å². The lowest BCUT2D eigenvalue weighted by atomic mass is 10.0. The first-order chi connectivity index (χ1) is 18.4. The summed E-state index contributed by atoms with van der Waals surface area (Å²) in [5.74, 6) is -0.515. The molecule has 2 N–H and O–H groups in total. The summed E-state index contributed by atoms with van der Waals surface area (Å²) < 4.78 is 26.2. The molecule has 2 aliphatic rings. The van der Waals surface area contributed by atoms with Crippen molar-refractivity contribution in [1.29, 1.82) is 0 Å². The van der Waals surface area contributed by atoms with Gasteiger partial charge in [-0.1, -0.05) is 12.5 Å². The second-order valence-corrected chi connectivity index (χ2v) is 10.6. The van der Waals surface area contributed by atoms with E-state index in [4.69, 9.17) is 14.5 Å². The number of nitrogens with one attached hydrogen (secondary N) is 1. The minimum atomic E-state index is -1.02. The number of hydrogen-bond acceptors (Lipinski definition) is 7. The third-order valence-electron chi connectivity index (χ3n) is 7.29. The van der Waals surface area contributed by atoms with Crippen molar-refractivity contribution in [3.05, 3.63) is 52.5 Å². The summed E-state index contributed by atoms with van der Waals surface area (Å²) in [5, 5.41) is 13.5. The van der Waals surface area contributed by atoms with Gasteiger partial charge in [0.05, 0.1) is 13.2 Å². The standard InChI is InChI=1S/C29H41FN4O4/c1-33(2)18-20-16-24(27(37-3)25(30)17-20)26(29(35)36)34-14-12-23(19-34)38-15-6-4-5-9-22-11-10-21-8-7-13-31-28(21)32-22/h10-11,16-17,23,26H,4-9,12-15,18-19H2,1-3H3,(H,31,32)(H,35,36)/t23-,26+/m1/s1. The third kappa shape index (κ3) is 7.21. The van der Waals surface area contributed by atoms with Crippen molar-refractivity contribution in [1.82, 2.24) is 14.8 Å². The molecule has 2 atom stereocenters. The summed E-state index contributed by atoms with van der Waals surface area (Å²) >= 11 is 0. The fraction of sp³-hybridized carbons (Fsp3) is 0.586. The van der Waals surface area contributed by atoms with Crippen LogP contribution in [0.25, 0.3) is 0 Å². The molecule has 0 radical (unpaired) electrons. The first-order valence-electron chi connectivity index (χ1n) is 13.7. The maximum absolute atomic E-state index is 14.8. The number of anilines is 1. The highest BCUT2D eigenvalue weighted by Crippen LogP contribution is 2.35. The average molecular weight is 529 g/mol. The molecule has 0 unspecified atom stereocenters. The SMILES string of the molecule is COc1c(F)cc(CN(C)C)cc1[C@@H](C(=O)O)N1CC[C@@H](OCCCCCc2ccc3c(n2)NCCC3)C1. The number of aromatic nitrogens is 1. The number of benzene rings is 1. The number of nitrogens with zero attached hydrogens (tertiary/aromatic N) is 3. The molecule has 0 amide bonds. The Morgan fingerprint density at radius 1 is 1.29 bits per heavy atom. The van der Waals surface area contributed by atoms with Crippen LogP contribution < -0.4 is 10.1 Å². The van der Waals surface area contributed by atoms with Gasteiger partial charge >= 0.3 is 5.97 Å². The number of pyridine rings is 1. The van der Waals surface area contributed by atoms with Crippen molar-refractivity contribution in [2.45, 2.75) is 63.6 Å². The van der Waals surface area contributed by atoms with Crippen LogP contribution in [0.3, 0.4) is 0 Å². The fourth-order valence-corrected chi connectivity index (χ4v) is 5.50. The second kappa shape index (κ2) is 13.4. The first kappa shape index (κ1) is 28.3. The van der Waals surface area contributed by atoms with E-state index in [1.807, 2.05) is 23.9 Å². The zero-order chi connectivity index (χ0) is 27.1. The maximum atomic E-state index is 14.8. The normalized spacial score (nSPS) is 18.3. The van der Waals surface area contributed by atoms with Gasteiger partial charge in [-0.05, 0) is 81.9 Å². The molecule has 38 heavy (non-hydrogen) atoms. The van der Waals surface area contributed by atoms with E-state index in [0.29, 0.717) is 37.4 Å². The molecule has 1 fully saturated rings. The van der Waals surface area contributed by atoms with Gasteiger partial charge in [-0.2, -0.15) is 0 Å². The number of ether oxygens (including phenoxy) is 2. The molecule has 0 aliphatic carbocycles. The predicted molar refractivity (Wildman–Crippen MR) is 145 cm³/mol. The summed E-state index contributed by atoms with van der Waals surface area (Å²) in [6.07, 6.45) is 7.00. The summed E-state index contributed by atoms with van der Waals surface area (Å²) in [7, 11) is 5.16. The van der Waals surface area contributed by atoms with E-state index >= 15 is 0 Å². The zero-order valence-electron chi connectivity index (χ0n) is 22.8. The number of methoxy groups -OCH3 is 1. The number of rotatable bonds is 13. The molecule has 0 spiro atoms. The van der Waals surface area contributed by atoms with Crippen molar-refractivity contribution in [3.8, 4) is 5.75 Å². The molecule has 8 nitrogen and oxygen atoms in total. The molecule has 1 aromatic heterocycles. The highest BCUT2D eigenvalue weighted by atomic mass is 19.1. The Balaban J connectivity index is 1.26. The van der Waals surface area contributed by atoms with E-state index in [1.54, 1.807) is 6.07 Å². The number of aliphatic carboxylic acids is 1. The quantitative estimate of drug-likeness (QED) is 0.373. The summed E-state index contributed by atoms with van der Waals surface area (Å²) in [6.45, 7) is 3.21. The second-order valence-electron chi connectivity index (χ2n) is 10.6. The number of carboxylic acid groups (broad SMARTS) is 1. The first-order valence-corrected chi connectivity index (χ1v) is 13.7. The number of carbonyl (C=O) groups is 1. The zero-order valence-corrected chi connectivity index (χ0v) is 22.8. The monoisotopic (exact) mass is 528 g/mol. The number of halogens is 1. The van der Waals surface area contributed by atoms with Gasteiger partial charge in [-0.15, -0.1) is 0 Å². The van der Waals surface area contributed by atoms with E-state index in [0.717, 1.165) is 56.6 Å². The Bertz CT molecular complexity index is 1100. The van der Waals surface area contributed by atoms with Crippen LogP contribution in [-0.4, -0.2) is 79.4 Å². The van der Waals surface area contributed by atoms with Gasteiger partial charge in [0.2, 0.25) is 0 Å². The van der Waals surface area contributed by atoms with Gasteiger partial charge in [-0.25, -0.2) is 9.37 Å². The van der Waals surface area contributed by atoms with Crippen LogP contribution in [-0.2, 0) is 28.9 Å². The van der Waals surface area contributed by atoms with Crippen molar-refractivity contribution >= 4 is 11.8 Å². The molecule has 0 bridgehead atoms. The van der Waals surface area contributed by atoms with E-state index in [9.17, 15) is 14.3 Å². The van der Waals surface area contributed by atoms with Crippen LogP contribution >= 0.6 is 0 Å². The number of unbranched alkanes of at least 4 members (excludes halogenated alkanes) is 2. The van der Waals surface area contributed by atoms with Gasteiger partial charge in [-0.3, -0.25) is 9.69 Å². The molecule has 4 rings (SSSR count). The number of likely N-dealkylation sites (tertiary alicyclic amines) is 1. The van der Waals surface area contributed by atoms with Gasteiger partial charge in [0.15, 0.2) is 11.6 Å². The van der Waals surface area contributed by atoms with Crippen LogP contribution in [0.15, 0.2) is 24.3 Å². The number of hydrogen-bond donors (Lipinski definition) is 2. The van der Waals surface area contributed by atoms with Crippen LogP contribution in [0.4, 0.5) is 10.2 Å². The van der Waals surface area contributed by atoms with E-state index in [2.05, 4.69) is 17.4 Å². The van der Waals surface area contributed by atoms with E-state index in [-0.39, 0.29) is 11.9 Å². The lowest BCUT2D eigenvalue weighted by Crippen LogP contribution is -2.34. The molecule has 2 aromatic rings. The van der Waals surface area contributed by atoms with Crippen molar-refractivity contribution in [3.63, 3.8) is 0 Å². The molecule has 1 saturated heterocycles. The average Bonchev–Trinajstić information content (AvgIpc) is 3.33. The highest BCUT2D eigenvalue weighted by molar-refractivity contribution is 5.77. The predicted octanol–water partition coefficient (Wildman–Crippen LogP) is 4.28. The van der Waals surface area contributed by atoms with Crippen molar-refractivity contribution in [2.75, 3.05) is 52.8 Å². The maximum Gasteiger partial charge on any atom is 0.325 e. The molecule has 208 valence electrons. The van der Waals surface area contributed by atoms with Crippen molar-refractivity contribution < 1.29 is 23.8 Å². The van der Waals surface area contributed by atoms with Gasteiger partial charge in [0.25, 0.3) is 0 Å². The topological polar surface area (TPSA) is 87.2 Å². The molecular weight excluding hydrogens is 487 g/mol. The van der Waals surface area contributed by atoms with Crippen LogP contribution in [0, 0.1) is 5.82 Å².